The number of likely N-dealkylation sites (N-methyl/N-ethyl adjacent to an activating group) is 1. The number of hydrogen-bond acceptors (Lipinski definition) is 3. The van der Waals surface area contributed by atoms with Gasteiger partial charge in [0.1, 0.15) is 0 Å². The molecule has 4 heteroatoms. The summed E-state index contributed by atoms with van der Waals surface area (Å²) in [5.74, 6) is 0.972. The zero-order valence-electron chi connectivity index (χ0n) is 12.4. The number of amides is 1. The van der Waals surface area contributed by atoms with Crippen molar-refractivity contribution in [1.29, 1.82) is 0 Å². The third kappa shape index (κ3) is 4.25. The topological polar surface area (TPSA) is 49.6 Å². The van der Waals surface area contributed by atoms with Crippen LogP contribution in [-0.4, -0.2) is 55.0 Å². The normalized spacial score (nSPS) is 20.1. The Kier molecular flexibility index (Phi) is 6.09. The second-order valence-electron chi connectivity index (χ2n) is 5.89. The first-order valence-corrected chi connectivity index (χ1v) is 7.18. The van der Waals surface area contributed by atoms with Gasteiger partial charge in [0.25, 0.3) is 0 Å². The number of nitrogens with two attached hydrogens (primary N) is 1. The molecule has 106 valence electrons. The van der Waals surface area contributed by atoms with Crippen LogP contribution in [0.4, 0.5) is 0 Å². The van der Waals surface area contributed by atoms with E-state index in [1.165, 1.54) is 12.8 Å². The zero-order valence-corrected chi connectivity index (χ0v) is 12.4. The van der Waals surface area contributed by atoms with Crippen LogP contribution in [0.5, 0.6) is 0 Å². The lowest BCUT2D eigenvalue weighted by atomic mass is 9.95. The molecule has 0 aromatic heterocycles. The Morgan fingerprint density at radius 2 is 1.94 bits per heavy atom. The van der Waals surface area contributed by atoms with Crippen molar-refractivity contribution in [3.8, 4) is 0 Å². The summed E-state index contributed by atoms with van der Waals surface area (Å²) in [6.45, 7) is 9.99. The van der Waals surface area contributed by atoms with E-state index in [1.54, 1.807) is 0 Å². The first-order valence-electron chi connectivity index (χ1n) is 7.18. The summed E-state index contributed by atoms with van der Waals surface area (Å²) in [4.78, 5) is 16.5. The fraction of sp³-hybridized carbons (Fsp3) is 0.929. The van der Waals surface area contributed by atoms with Gasteiger partial charge < -0.3 is 15.5 Å². The molecule has 1 atom stereocenters. The third-order valence-corrected chi connectivity index (χ3v) is 4.01. The molecule has 0 aromatic rings. The van der Waals surface area contributed by atoms with Gasteiger partial charge in [0.05, 0.1) is 6.04 Å². The van der Waals surface area contributed by atoms with E-state index in [0.29, 0.717) is 5.92 Å². The van der Waals surface area contributed by atoms with E-state index in [4.69, 9.17) is 5.73 Å². The molecule has 0 radical (unpaired) electrons. The maximum absolute atomic E-state index is 12.2. The zero-order chi connectivity index (χ0) is 13.7. The Hall–Kier alpha value is -0.610. The van der Waals surface area contributed by atoms with Crippen LogP contribution in [0.25, 0.3) is 0 Å². The first kappa shape index (κ1) is 15.4. The van der Waals surface area contributed by atoms with Crippen molar-refractivity contribution in [3.63, 3.8) is 0 Å². The van der Waals surface area contributed by atoms with Crippen LogP contribution in [0.2, 0.25) is 0 Å². The quantitative estimate of drug-likeness (QED) is 0.802. The fourth-order valence-electron chi connectivity index (χ4n) is 2.43. The number of likely N-dealkylation sites (tertiary alicyclic amines) is 1. The van der Waals surface area contributed by atoms with E-state index in [2.05, 4.69) is 11.9 Å². The molecular formula is C14H29N3O. The van der Waals surface area contributed by atoms with Gasteiger partial charge in [-0.3, -0.25) is 4.79 Å². The second kappa shape index (κ2) is 7.10. The van der Waals surface area contributed by atoms with Crippen LogP contribution >= 0.6 is 0 Å². The SMILES string of the molecule is CCN(CC1CCN(C)CC1)C(=O)[C@@H](N)C(C)C. The van der Waals surface area contributed by atoms with E-state index >= 15 is 0 Å². The molecule has 0 saturated carbocycles. The minimum atomic E-state index is -0.351. The van der Waals surface area contributed by atoms with Crippen molar-refractivity contribution in [2.45, 2.75) is 39.7 Å². The lowest BCUT2D eigenvalue weighted by molar-refractivity contribution is -0.134. The Morgan fingerprint density at radius 3 is 2.39 bits per heavy atom. The van der Waals surface area contributed by atoms with Crippen LogP contribution < -0.4 is 5.73 Å². The molecule has 1 saturated heterocycles. The molecule has 1 rings (SSSR count). The molecule has 0 spiro atoms. The van der Waals surface area contributed by atoms with Gasteiger partial charge in [0.15, 0.2) is 0 Å². The van der Waals surface area contributed by atoms with E-state index in [-0.39, 0.29) is 17.9 Å². The largest absolute Gasteiger partial charge is 0.341 e. The smallest absolute Gasteiger partial charge is 0.239 e. The highest BCUT2D eigenvalue weighted by molar-refractivity contribution is 5.81. The van der Waals surface area contributed by atoms with Gasteiger partial charge in [-0.05, 0) is 51.7 Å². The first-order chi connectivity index (χ1) is 8.45. The molecule has 0 bridgehead atoms. The number of nitrogens with zero attached hydrogens (tertiary/aromatic N) is 2. The number of rotatable bonds is 5. The Balaban J connectivity index is 2.48. The van der Waals surface area contributed by atoms with Crippen molar-refractivity contribution >= 4 is 5.91 Å². The molecule has 4 nitrogen and oxygen atoms in total. The van der Waals surface area contributed by atoms with E-state index in [9.17, 15) is 4.79 Å². The number of piperidine rings is 1. The van der Waals surface area contributed by atoms with E-state index in [1.807, 2.05) is 25.7 Å². The summed E-state index contributed by atoms with van der Waals surface area (Å²) < 4.78 is 0. The summed E-state index contributed by atoms with van der Waals surface area (Å²) in [7, 11) is 2.16. The van der Waals surface area contributed by atoms with Crippen molar-refractivity contribution < 1.29 is 4.79 Å². The maximum Gasteiger partial charge on any atom is 0.239 e. The summed E-state index contributed by atoms with van der Waals surface area (Å²) in [5.41, 5.74) is 5.96. The Bertz CT molecular complexity index is 260. The van der Waals surface area contributed by atoms with Crippen LogP contribution in [-0.2, 0) is 4.79 Å². The summed E-state index contributed by atoms with van der Waals surface area (Å²) in [6, 6.07) is -0.351. The van der Waals surface area contributed by atoms with Gasteiger partial charge in [0, 0.05) is 13.1 Å². The van der Waals surface area contributed by atoms with Gasteiger partial charge in [-0.1, -0.05) is 13.8 Å². The summed E-state index contributed by atoms with van der Waals surface area (Å²) in [6.07, 6.45) is 2.38. The molecule has 0 aromatic carbocycles. The Morgan fingerprint density at radius 1 is 1.39 bits per heavy atom. The molecule has 0 aliphatic carbocycles. The average Bonchev–Trinajstić information content (AvgIpc) is 2.36. The highest BCUT2D eigenvalue weighted by Gasteiger charge is 2.26. The molecule has 1 amide bonds. The number of carbonyl (C=O) groups is 1. The second-order valence-corrected chi connectivity index (χ2v) is 5.89. The summed E-state index contributed by atoms with van der Waals surface area (Å²) >= 11 is 0. The fourth-order valence-corrected chi connectivity index (χ4v) is 2.43. The molecular weight excluding hydrogens is 226 g/mol. The van der Waals surface area contributed by atoms with Crippen molar-refractivity contribution in [3.05, 3.63) is 0 Å². The lowest BCUT2D eigenvalue weighted by Crippen LogP contribution is -2.48. The van der Waals surface area contributed by atoms with Gasteiger partial charge in [0.2, 0.25) is 5.91 Å². The van der Waals surface area contributed by atoms with Crippen molar-refractivity contribution in [2.75, 3.05) is 33.2 Å². The van der Waals surface area contributed by atoms with Crippen LogP contribution in [0.1, 0.15) is 33.6 Å². The molecule has 0 unspecified atom stereocenters. The van der Waals surface area contributed by atoms with E-state index < -0.39 is 0 Å². The van der Waals surface area contributed by atoms with Crippen LogP contribution in [0.3, 0.4) is 0 Å². The molecule has 1 aliphatic heterocycles. The van der Waals surface area contributed by atoms with Gasteiger partial charge in [-0.2, -0.15) is 0 Å². The van der Waals surface area contributed by atoms with Gasteiger partial charge in [-0.15, -0.1) is 0 Å². The average molecular weight is 255 g/mol. The van der Waals surface area contributed by atoms with Crippen molar-refractivity contribution in [2.24, 2.45) is 17.6 Å². The Labute approximate surface area is 111 Å². The highest BCUT2D eigenvalue weighted by Crippen LogP contribution is 2.18. The van der Waals surface area contributed by atoms with Crippen LogP contribution in [0.15, 0.2) is 0 Å². The molecule has 18 heavy (non-hydrogen) atoms. The summed E-state index contributed by atoms with van der Waals surface area (Å²) in [5, 5.41) is 0. The molecule has 1 heterocycles. The molecule has 1 aliphatic rings. The number of carbonyl (C=O) groups excluding carboxylic acids is 1. The van der Waals surface area contributed by atoms with Crippen LogP contribution in [0, 0.1) is 11.8 Å². The third-order valence-electron chi connectivity index (χ3n) is 4.01. The molecule has 2 N–H and O–H groups in total. The predicted octanol–water partition coefficient (Wildman–Crippen LogP) is 1.16. The van der Waals surface area contributed by atoms with Gasteiger partial charge >= 0.3 is 0 Å². The lowest BCUT2D eigenvalue weighted by Gasteiger charge is -2.34. The minimum Gasteiger partial charge on any atom is -0.341 e. The van der Waals surface area contributed by atoms with E-state index in [0.717, 1.165) is 26.2 Å². The maximum atomic E-state index is 12.2. The van der Waals surface area contributed by atoms with Crippen molar-refractivity contribution in [1.82, 2.24) is 9.80 Å². The molecule has 1 fully saturated rings. The predicted molar refractivity (Wildman–Crippen MR) is 75.3 cm³/mol. The monoisotopic (exact) mass is 255 g/mol. The van der Waals surface area contributed by atoms with Gasteiger partial charge in [-0.25, -0.2) is 0 Å². The highest BCUT2D eigenvalue weighted by atomic mass is 16.2. The number of hydrogen-bond donors (Lipinski definition) is 1. The standard InChI is InChI=1S/C14H29N3O/c1-5-17(14(18)13(15)11(2)3)10-12-6-8-16(4)9-7-12/h11-13H,5-10,15H2,1-4H3/t13-/m0/s1. The minimum absolute atomic E-state index is 0.117.